The molecule has 1 amide bonds. The summed E-state index contributed by atoms with van der Waals surface area (Å²) in [5, 5.41) is 0. The number of likely N-dealkylation sites (N-methyl/N-ethyl adjacent to an activating group) is 1. The number of halogens is 1. The number of benzene rings is 1. The molecule has 0 aliphatic carbocycles. The van der Waals surface area contributed by atoms with Crippen molar-refractivity contribution in [3.63, 3.8) is 0 Å². The van der Waals surface area contributed by atoms with E-state index in [1.54, 1.807) is 0 Å². The number of carbonyl (C=O) groups is 1. The average molecular weight is 313 g/mol. The quantitative estimate of drug-likeness (QED) is 0.822. The van der Waals surface area contributed by atoms with E-state index in [4.69, 9.17) is 10.5 Å². The molecule has 1 fully saturated rings. The maximum Gasteiger partial charge on any atom is 0.222 e. The topological polar surface area (TPSA) is 55.6 Å². The largest absolute Gasteiger partial charge is 0.399 e. The van der Waals surface area contributed by atoms with Crippen LogP contribution in [0.15, 0.2) is 24.3 Å². The van der Waals surface area contributed by atoms with Gasteiger partial charge in [0.1, 0.15) is 0 Å². The van der Waals surface area contributed by atoms with Crippen molar-refractivity contribution < 1.29 is 9.53 Å². The van der Waals surface area contributed by atoms with Crippen LogP contribution in [0.2, 0.25) is 0 Å². The number of para-hydroxylation sites is 1. The highest BCUT2D eigenvalue weighted by atomic mass is 35.5. The van der Waals surface area contributed by atoms with E-state index in [0.29, 0.717) is 12.8 Å². The third-order valence-electron chi connectivity index (χ3n) is 3.85. The van der Waals surface area contributed by atoms with E-state index in [1.807, 2.05) is 36.1 Å². The number of anilines is 1. The monoisotopic (exact) mass is 312 g/mol. The first-order valence-electron chi connectivity index (χ1n) is 7.43. The van der Waals surface area contributed by atoms with E-state index in [-0.39, 0.29) is 24.4 Å². The molecule has 1 aliphatic rings. The van der Waals surface area contributed by atoms with Crippen LogP contribution in [0.5, 0.6) is 0 Å². The Kier molecular flexibility index (Phi) is 7.54. The summed E-state index contributed by atoms with van der Waals surface area (Å²) in [5.41, 5.74) is 7.72. The zero-order valence-corrected chi connectivity index (χ0v) is 13.4. The molecule has 1 aromatic carbocycles. The molecule has 0 saturated carbocycles. The highest BCUT2D eigenvalue weighted by Crippen LogP contribution is 2.16. The van der Waals surface area contributed by atoms with Crippen LogP contribution < -0.4 is 5.73 Å². The van der Waals surface area contributed by atoms with Gasteiger partial charge in [0.15, 0.2) is 0 Å². The van der Waals surface area contributed by atoms with Crippen LogP contribution in [0.25, 0.3) is 0 Å². The number of amides is 1. The smallest absolute Gasteiger partial charge is 0.222 e. The molecular formula is C16H25ClN2O2. The molecular weight excluding hydrogens is 288 g/mol. The van der Waals surface area contributed by atoms with Gasteiger partial charge < -0.3 is 15.4 Å². The van der Waals surface area contributed by atoms with Crippen molar-refractivity contribution >= 4 is 24.0 Å². The molecule has 1 saturated heterocycles. The summed E-state index contributed by atoms with van der Waals surface area (Å²) in [6, 6.07) is 7.74. The third-order valence-corrected chi connectivity index (χ3v) is 3.85. The first kappa shape index (κ1) is 17.8. The molecule has 2 rings (SSSR count). The molecule has 1 atom stereocenters. The molecule has 1 aliphatic heterocycles. The second-order valence-corrected chi connectivity index (χ2v) is 5.27. The number of nitrogens with two attached hydrogens (primary N) is 1. The SMILES string of the molecule is CCN(CC1CCCO1)C(=O)CCc1ccccc1N.Cl. The van der Waals surface area contributed by atoms with E-state index in [0.717, 1.165) is 43.8 Å². The number of aryl methyl sites for hydroxylation is 1. The van der Waals surface area contributed by atoms with Crippen LogP contribution >= 0.6 is 12.4 Å². The second-order valence-electron chi connectivity index (χ2n) is 5.27. The van der Waals surface area contributed by atoms with Crippen molar-refractivity contribution in [3.05, 3.63) is 29.8 Å². The summed E-state index contributed by atoms with van der Waals surface area (Å²) >= 11 is 0. The zero-order chi connectivity index (χ0) is 14.4. The molecule has 0 spiro atoms. The van der Waals surface area contributed by atoms with Crippen LogP contribution in [-0.2, 0) is 16.0 Å². The summed E-state index contributed by atoms with van der Waals surface area (Å²) in [7, 11) is 0. The van der Waals surface area contributed by atoms with E-state index in [9.17, 15) is 4.79 Å². The zero-order valence-electron chi connectivity index (χ0n) is 12.6. The van der Waals surface area contributed by atoms with Crippen molar-refractivity contribution in [2.75, 3.05) is 25.4 Å². The van der Waals surface area contributed by atoms with Crippen molar-refractivity contribution in [1.29, 1.82) is 0 Å². The molecule has 1 heterocycles. The fourth-order valence-electron chi connectivity index (χ4n) is 2.60. The number of nitrogen functional groups attached to an aromatic ring is 1. The Balaban J connectivity index is 0.00000220. The minimum atomic E-state index is 0. The predicted molar refractivity (Wildman–Crippen MR) is 87.7 cm³/mol. The van der Waals surface area contributed by atoms with Crippen molar-refractivity contribution in [3.8, 4) is 0 Å². The van der Waals surface area contributed by atoms with Gasteiger partial charge in [0.2, 0.25) is 5.91 Å². The number of rotatable bonds is 6. The van der Waals surface area contributed by atoms with Crippen LogP contribution in [-0.4, -0.2) is 36.6 Å². The lowest BCUT2D eigenvalue weighted by molar-refractivity contribution is -0.132. The molecule has 0 bridgehead atoms. The maximum atomic E-state index is 12.3. The van der Waals surface area contributed by atoms with Crippen molar-refractivity contribution in [2.24, 2.45) is 0 Å². The minimum Gasteiger partial charge on any atom is -0.399 e. The van der Waals surface area contributed by atoms with Gasteiger partial charge in [0.25, 0.3) is 0 Å². The lowest BCUT2D eigenvalue weighted by Crippen LogP contribution is -2.37. The van der Waals surface area contributed by atoms with E-state index in [1.165, 1.54) is 0 Å². The third kappa shape index (κ3) is 5.21. The molecule has 2 N–H and O–H groups in total. The van der Waals surface area contributed by atoms with Gasteiger partial charge in [0.05, 0.1) is 6.10 Å². The minimum absolute atomic E-state index is 0. The van der Waals surface area contributed by atoms with Crippen molar-refractivity contribution in [1.82, 2.24) is 4.90 Å². The van der Waals surface area contributed by atoms with Gasteiger partial charge in [-0.2, -0.15) is 0 Å². The van der Waals surface area contributed by atoms with Gasteiger partial charge in [-0.1, -0.05) is 18.2 Å². The fourth-order valence-corrected chi connectivity index (χ4v) is 2.60. The Morgan fingerprint density at radius 1 is 1.43 bits per heavy atom. The molecule has 1 aromatic rings. The normalized spacial score (nSPS) is 17.3. The van der Waals surface area contributed by atoms with E-state index < -0.39 is 0 Å². The van der Waals surface area contributed by atoms with E-state index in [2.05, 4.69) is 0 Å². The summed E-state index contributed by atoms with van der Waals surface area (Å²) in [6.07, 6.45) is 3.61. The van der Waals surface area contributed by atoms with Crippen LogP contribution in [0.4, 0.5) is 5.69 Å². The van der Waals surface area contributed by atoms with Gasteiger partial charge in [0, 0.05) is 31.8 Å². The number of hydrogen-bond donors (Lipinski definition) is 1. The molecule has 1 unspecified atom stereocenters. The lowest BCUT2D eigenvalue weighted by Gasteiger charge is -2.24. The number of hydrogen-bond acceptors (Lipinski definition) is 3. The van der Waals surface area contributed by atoms with Gasteiger partial charge in [-0.05, 0) is 37.8 Å². The standard InChI is InChI=1S/C16H24N2O2.ClH/c1-2-18(12-14-7-5-11-20-14)16(19)10-9-13-6-3-4-8-15(13)17;/h3-4,6,8,14H,2,5,7,9-12,17H2,1H3;1H. The van der Waals surface area contributed by atoms with Crippen molar-refractivity contribution in [2.45, 2.75) is 38.7 Å². The number of ether oxygens (including phenoxy) is 1. The van der Waals surface area contributed by atoms with Crippen LogP contribution in [0.3, 0.4) is 0 Å². The van der Waals surface area contributed by atoms with Gasteiger partial charge in [-0.15, -0.1) is 12.4 Å². The highest BCUT2D eigenvalue weighted by Gasteiger charge is 2.21. The fraction of sp³-hybridized carbons (Fsp3) is 0.562. The Hall–Kier alpha value is -1.26. The number of nitrogens with zero attached hydrogens (tertiary/aromatic N) is 1. The van der Waals surface area contributed by atoms with Crippen LogP contribution in [0, 0.1) is 0 Å². The predicted octanol–water partition coefficient (Wildman–Crippen LogP) is 2.65. The Bertz CT molecular complexity index is 448. The van der Waals surface area contributed by atoms with Gasteiger partial charge in [-0.3, -0.25) is 4.79 Å². The molecule has 5 heteroatoms. The molecule has 0 radical (unpaired) electrons. The van der Waals surface area contributed by atoms with Gasteiger partial charge >= 0.3 is 0 Å². The first-order valence-corrected chi connectivity index (χ1v) is 7.43. The van der Waals surface area contributed by atoms with Gasteiger partial charge in [-0.25, -0.2) is 0 Å². The Morgan fingerprint density at radius 3 is 2.81 bits per heavy atom. The molecule has 118 valence electrons. The average Bonchev–Trinajstić information content (AvgIpc) is 2.96. The van der Waals surface area contributed by atoms with Crippen LogP contribution in [0.1, 0.15) is 31.7 Å². The lowest BCUT2D eigenvalue weighted by atomic mass is 10.1. The highest BCUT2D eigenvalue weighted by molar-refractivity contribution is 5.85. The maximum absolute atomic E-state index is 12.3. The summed E-state index contributed by atoms with van der Waals surface area (Å²) in [6.45, 7) is 4.31. The molecule has 4 nitrogen and oxygen atoms in total. The summed E-state index contributed by atoms with van der Waals surface area (Å²) in [4.78, 5) is 14.2. The Labute approximate surface area is 133 Å². The second kappa shape index (κ2) is 8.90. The van der Waals surface area contributed by atoms with E-state index >= 15 is 0 Å². The first-order chi connectivity index (χ1) is 9.70. The Morgan fingerprint density at radius 2 is 2.19 bits per heavy atom. The number of carbonyl (C=O) groups excluding carboxylic acids is 1. The summed E-state index contributed by atoms with van der Waals surface area (Å²) in [5.74, 6) is 0.186. The summed E-state index contributed by atoms with van der Waals surface area (Å²) < 4.78 is 5.60. The molecule has 21 heavy (non-hydrogen) atoms. The molecule has 0 aromatic heterocycles.